The molecule has 9 heteroatoms. The van der Waals surface area contributed by atoms with Gasteiger partial charge in [0.2, 0.25) is 5.91 Å². The number of likely N-dealkylation sites (tertiary alicyclic amines) is 1. The number of para-hydroxylation sites is 2. The first-order chi connectivity index (χ1) is 19.5. The van der Waals surface area contributed by atoms with Crippen molar-refractivity contribution in [1.82, 2.24) is 19.4 Å². The number of benzene rings is 3. The van der Waals surface area contributed by atoms with Gasteiger partial charge in [0.1, 0.15) is 5.82 Å². The quantitative estimate of drug-likeness (QED) is 0.251. The Labute approximate surface area is 250 Å². The van der Waals surface area contributed by atoms with Crippen molar-refractivity contribution < 1.29 is 4.79 Å². The van der Waals surface area contributed by atoms with Gasteiger partial charge < -0.3 is 14.4 Å². The third-order valence-electron chi connectivity index (χ3n) is 8.07. The van der Waals surface area contributed by atoms with Crippen molar-refractivity contribution in [3.05, 3.63) is 93.2 Å². The van der Waals surface area contributed by atoms with Crippen LogP contribution in [-0.4, -0.2) is 64.5 Å². The maximum Gasteiger partial charge on any atom is 0.227 e. The molecule has 0 N–H and O–H groups in total. The molecule has 3 heterocycles. The first-order valence-electron chi connectivity index (χ1n) is 13.8. The van der Waals surface area contributed by atoms with Gasteiger partial charge in [0.25, 0.3) is 0 Å². The summed E-state index contributed by atoms with van der Waals surface area (Å²) < 4.78 is 2.30. The van der Waals surface area contributed by atoms with Crippen molar-refractivity contribution in [2.45, 2.75) is 25.9 Å². The van der Waals surface area contributed by atoms with Crippen molar-refractivity contribution in [2.24, 2.45) is 5.92 Å². The van der Waals surface area contributed by atoms with Crippen LogP contribution in [0.2, 0.25) is 15.1 Å². The Balaban J connectivity index is 1.12. The molecule has 0 bridgehead atoms. The van der Waals surface area contributed by atoms with Crippen molar-refractivity contribution in [2.75, 3.05) is 44.2 Å². The van der Waals surface area contributed by atoms with Crippen molar-refractivity contribution in [1.29, 1.82) is 0 Å². The van der Waals surface area contributed by atoms with Crippen LogP contribution in [0.25, 0.3) is 11.0 Å². The number of rotatable bonds is 6. The number of nitrogens with zero attached hydrogens (tertiary/aromatic N) is 5. The van der Waals surface area contributed by atoms with Gasteiger partial charge in [0.15, 0.2) is 0 Å². The molecular formula is C31H32Cl3N5O. The minimum absolute atomic E-state index is 0.00384. The van der Waals surface area contributed by atoms with Crippen molar-refractivity contribution in [3.63, 3.8) is 0 Å². The molecule has 1 aromatic heterocycles. The highest BCUT2D eigenvalue weighted by atomic mass is 35.5. The molecule has 2 aliphatic rings. The van der Waals surface area contributed by atoms with Gasteiger partial charge in [-0.15, -0.1) is 0 Å². The molecule has 0 saturated carbocycles. The first kappa shape index (κ1) is 27.4. The maximum atomic E-state index is 13.6. The lowest BCUT2D eigenvalue weighted by Gasteiger charge is -2.40. The van der Waals surface area contributed by atoms with Crippen LogP contribution >= 0.6 is 34.8 Å². The molecule has 1 atom stereocenters. The van der Waals surface area contributed by atoms with Crippen LogP contribution in [0.4, 0.5) is 5.69 Å². The summed E-state index contributed by atoms with van der Waals surface area (Å²) >= 11 is 18.8. The molecule has 6 nitrogen and oxygen atoms in total. The summed E-state index contributed by atoms with van der Waals surface area (Å²) in [5, 5.41) is 1.87. The summed E-state index contributed by atoms with van der Waals surface area (Å²) in [5.74, 6) is 1.29. The highest BCUT2D eigenvalue weighted by Crippen LogP contribution is 2.33. The summed E-state index contributed by atoms with van der Waals surface area (Å²) in [6.07, 6.45) is 1.93. The monoisotopic (exact) mass is 595 g/mol. The number of carbonyl (C=O) groups is 1. The van der Waals surface area contributed by atoms with Crippen LogP contribution in [0, 0.1) is 5.92 Å². The zero-order valence-corrected chi connectivity index (χ0v) is 24.5. The van der Waals surface area contributed by atoms with Gasteiger partial charge in [-0.1, -0.05) is 65.1 Å². The lowest BCUT2D eigenvalue weighted by atomic mass is 9.96. The third-order valence-corrected chi connectivity index (χ3v) is 9.13. The van der Waals surface area contributed by atoms with Gasteiger partial charge >= 0.3 is 0 Å². The number of fused-ring (bicyclic) bond motifs is 1. The fraction of sp³-hybridized carbons (Fsp3) is 0.355. The van der Waals surface area contributed by atoms with Gasteiger partial charge in [0.05, 0.1) is 39.2 Å². The Morgan fingerprint density at radius 1 is 0.850 bits per heavy atom. The number of hydrogen-bond donors (Lipinski definition) is 0. The number of hydrogen-bond acceptors (Lipinski definition) is 4. The van der Waals surface area contributed by atoms with E-state index in [0.717, 1.165) is 73.1 Å². The second kappa shape index (κ2) is 12.0. The van der Waals surface area contributed by atoms with E-state index in [0.29, 0.717) is 29.7 Å². The average Bonchev–Trinajstić information content (AvgIpc) is 3.32. The van der Waals surface area contributed by atoms with Crippen LogP contribution in [0.1, 0.15) is 24.2 Å². The zero-order chi connectivity index (χ0) is 27.6. The number of carbonyl (C=O) groups excluding carboxylic acids is 1. The fourth-order valence-electron chi connectivity index (χ4n) is 5.96. The van der Waals surface area contributed by atoms with E-state index < -0.39 is 0 Å². The molecule has 1 amide bonds. The molecule has 4 aromatic rings. The SMILES string of the molecule is O=C([C@@H]1CCCN(Cc2nc3ccccc3n2Cc2ccc(Cl)cc2)C1)N1CCN(c2cccc(Cl)c2Cl)CC1. The summed E-state index contributed by atoms with van der Waals surface area (Å²) in [6.45, 7) is 6.04. The van der Waals surface area contributed by atoms with Crippen molar-refractivity contribution in [3.8, 4) is 0 Å². The molecule has 208 valence electrons. The maximum absolute atomic E-state index is 13.6. The Kier molecular flexibility index (Phi) is 8.22. The van der Waals surface area contributed by atoms with Crippen molar-refractivity contribution >= 4 is 57.4 Å². The van der Waals surface area contributed by atoms with Gasteiger partial charge in [-0.2, -0.15) is 0 Å². The number of piperazine rings is 1. The summed E-state index contributed by atoms with van der Waals surface area (Å²) in [6, 6.07) is 22.0. The zero-order valence-electron chi connectivity index (χ0n) is 22.3. The second-order valence-corrected chi connectivity index (χ2v) is 11.9. The Hall–Kier alpha value is -2.77. The van der Waals surface area contributed by atoms with E-state index >= 15 is 0 Å². The van der Waals surface area contributed by atoms with Crippen LogP contribution in [0.15, 0.2) is 66.7 Å². The summed E-state index contributed by atoms with van der Waals surface area (Å²) in [4.78, 5) is 25.2. The van der Waals surface area contributed by atoms with E-state index in [9.17, 15) is 4.79 Å². The van der Waals surface area contributed by atoms with E-state index in [1.807, 2.05) is 35.2 Å². The van der Waals surface area contributed by atoms with E-state index in [-0.39, 0.29) is 11.8 Å². The number of halogens is 3. The highest BCUT2D eigenvalue weighted by Gasteiger charge is 2.32. The molecule has 6 rings (SSSR count). The third kappa shape index (κ3) is 5.82. The predicted octanol–water partition coefficient (Wildman–Crippen LogP) is 6.61. The van der Waals surface area contributed by atoms with Crippen LogP contribution < -0.4 is 4.90 Å². The molecule has 3 aromatic carbocycles. The molecule has 2 fully saturated rings. The van der Waals surface area contributed by atoms with Crippen LogP contribution in [0.3, 0.4) is 0 Å². The average molecular weight is 597 g/mol. The molecule has 2 saturated heterocycles. The number of aromatic nitrogens is 2. The molecule has 0 spiro atoms. The number of amides is 1. The predicted molar refractivity (Wildman–Crippen MR) is 164 cm³/mol. The van der Waals surface area contributed by atoms with Gasteiger partial charge in [-0.05, 0) is 61.3 Å². The van der Waals surface area contributed by atoms with Gasteiger partial charge in [0, 0.05) is 44.3 Å². The second-order valence-electron chi connectivity index (χ2n) is 10.7. The Morgan fingerprint density at radius 3 is 2.42 bits per heavy atom. The number of piperidine rings is 1. The minimum Gasteiger partial charge on any atom is -0.367 e. The van der Waals surface area contributed by atoms with Gasteiger partial charge in [-0.3, -0.25) is 9.69 Å². The molecule has 0 radical (unpaired) electrons. The van der Waals surface area contributed by atoms with E-state index in [4.69, 9.17) is 39.8 Å². The smallest absolute Gasteiger partial charge is 0.227 e. The van der Waals surface area contributed by atoms with E-state index in [1.54, 1.807) is 6.07 Å². The summed E-state index contributed by atoms with van der Waals surface area (Å²) in [7, 11) is 0. The Morgan fingerprint density at radius 2 is 1.62 bits per heavy atom. The first-order valence-corrected chi connectivity index (χ1v) is 15.0. The number of imidazole rings is 1. The topological polar surface area (TPSA) is 44.6 Å². The van der Waals surface area contributed by atoms with Gasteiger partial charge in [-0.25, -0.2) is 4.98 Å². The molecule has 0 unspecified atom stereocenters. The molecule has 40 heavy (non-hydrogen) atoms. The molecule has 2 aliphatic heterocycles. The lowest BCUT2D eigenvalue weighted by molar-refractivity contribution is -0.137. The standard InChI is InChI=1S/C31H32Cl3N5O/c32-24-12-10-22(11-13-24)19-39-27-8-2-1-7-26(27)35-29(39)21-36-14-4-5-23(20-36)31(40)38-17-15-37(16-18-38)28-9-3-6-25(33)30(28)34/h1-3,6-13,23H,4-5,14-21H2/t23-/m1/s1. The Bertz CT molecular complexity index is 1500. The largest absolute Gasteiger partial charge is 0.367 e. The van der Waals surface area contributed by atoms with E-state index in [1.165, 1.54) is 5.56 Å². The molecular weight excluding hydrogens is 565 g/mol. The van der Waals surface area contributed by atoms with E-state index in [2.05, 4.69) is 44.7 Å². The lowest BCUT2D eigenvalue weighted by Crippen LogP contribution is -2.52. The molecule has 0 aliphatic carbocycles. The summed E-state index contributed by atoms with van der Waals surface area (Å²) in [5.41, 5.74) is 4.23. The fourth-order valence-corrected chi connectivity index (χ4v) is 6.50. The normalized spacial score (nSPS) is 18.4. The minimum atomic E-state index is 0.00384. The van der Waals surface area contributed by atoms with Crippen LogP contribution in [0.5, 0.6) is 0 Å². The highest BCUT2D eigenvalue weighted by molar-refractivity contribution is 6.43. The van der Waals surface area contributed by atoms with Crippen LogP contribution in [-0.2, 0) is 17.9 Å². The number of anilines is 1.